The molecule has 140 valence electrons. The van der Waals surface area contributed by atoms with Gasteiger partial charge in [-0.3, -0.25) is 9.59 Å². The van der Waals surface area contributed by atoms with Crippen LogP contribution in [0, 0.1) is 0 Å². The molecule has 3 aromatic rings. The molecular weight excluding hydrogens is 376 g/mol. The predicted octanol–water partition coefficient (Wildman–Crippen LogP) is 2.97. The van der Waals surface area contributed by atoms with Crippen LogP contribution in [0.3, 0.4) is 0 Å². The number of anilines is 2. The number of nitrogens with one attached hydrogen (secondary N) is 2. The zero-order chi connectivity index (χ0) is 19.1. The van der Waals surface area contributed by atoms with E-state index in [4.69, 9.17) is 0 Å². The first-order chi connectivity index (χ1) is 13.7. The van der Waals surface area contributed by atoms with Crippen molar-refractivity contribution in [2.75, 3.05) is 16.4 Å². The molecule has 28 heavy (non-hydrogen) atoms. The summed E-state index contributed by atoms with van der Waals surface area (Å²) in [5, 5.41) is 17.7. The number of aromatic nitrogens is 4. The number of fused-ring (bicyclic) bond motifs is 1. The average Bonchev–Trinajstić information content (AvgIpc) is 3.43. The number of thioether (sulfide) groups is 1. The van der Waals surface area contributed by atoms with E-state index in [0.717, 1.165) is 23.3 Å². The Balaban J connectivity index is 1.38. The van der Waals surface area contributed by atoms with Crippen LogP contribution in [-0.2, 0) is 4.79 Å². The van der Waals surface area contributed by atoms with Crippen molar-refractivity contribution in [3.63, 3.8) is 0 Å². The maximum absolute atomic E-state index is 12.7. The third-order valence-corrected chi connectivity index (χ3v) is 5.71. The van der Waals surface area contributed by atoms with Crippen molar-refractivity contribution >= 4 is 35.0 Å². The third-order valence-electron chi connectivity index (χ3n) is 4.64. The van der Waals surface area contributed by atoms with Gasteiger partial charge in [0, 0.05) is 21.7 Å². The third kappa shape index (κ3) is 3.24. The van der Waals surface area contributed by atoms with Gasteiger partial charge in [-0.1, -0.05) is 12.1 Å². The van der Waals surface area contributed by atoms with E-state index in [2.05, 4.69) is 26.2 Å². The highest BCUT2D eigenvalue weighted by molar-refractivity contribution is 8.00. The number of rotatable bonds is 4. The summed E-state index contributed by atoms with van der Waals surface area (Å²) in [6, 6.07) is 13.1. The number of benzene rings is 2. The van der Waals surface area contributed by atoms with Gasteiger partial charge in [0.2, 0.25) is 5.91 Å². The molecule has 5 rings (SSSR count). The smallest absolute Gasteiger partial charge is 0.255 e. The van der Waals surface area contributed by atoms with Crippen LogP contribution in [0.5, 0.6) is 0 Å². The second kappa shape index (κ2) is 6.75. The van der Waals surface area contributed by atoms with Gasteiger partial charge in [-0.25, -0.2) is 4.68 Å². The summed E-state index contributed by atoms with van der Waals surface area (Å²) < 4.78 is 1.84. The number of carbonyl (C=O) groups is 2. The lowest BCUT2D eigenvalue weighted by molar-refractivity contribution is -0.113. The highest BCUT2D eigenvalue weighted by atomic mass is 32.2. The first-order valence-corrected chi connectivity index (χ1v) is 9.92. The van der Waals surface area contributed by atoms with Gasteiger partial charge in [0.1, 0.15) is 0 Å². The molecule has 1 aromatic heterocycles. The summed E-state index contributed by atoms with van der Waals surface area (Å²) in [4.78, 5) is 25.2. The molecular formula is C19H16N6O2S. The molecule has 2 aromatic carbocycles. The maximum Gasteiger partial charge on any atom is 0.255 e. The molecule has 2 N–H and O–H groups in total. The molecule has 1 aliphatic heterocycles. The van der Waals surface area contributed by atoms with Crippen LogP contribution in [0.2, 0.25) is 0 Å². The van der Waals surface area contributed by atoms with Crippen LogP contribution in [-0.4, -0.2) is 37.8 Å². The Kier molecular flexibility index (Phi) is 4.09. The van der Waals surface area contributed by atoms with Gasteiger partial charge in [0.25, 0.3) is 5.91 Å². The highest BCUT2D eigenvalue weighted by Gasteiger charge is 2.28. The Morgan fingerprint density at radius 1 is 1.21 bits per heavy atom. The zero-order valence-corrected chi connectivity index (χ0v) is 15.6. The Labute approximate surface area is 164 Å². The Morgan fingerprint density at radius 2 is 2.11 bits per heavy atom. The molecule has 0 spiro atoms. The summed E-state index contributed by atoms with van der Waals surface area (Å²) in [6.07, 6.45) is 2.17. The van der Waals surface area contributed by atoms with Crippen LogP contribution in [0.4, 0.5) is 11.4 Å². The molecule has 2 amide bonds. The summed E-state index contributed by atoms with van der Waals surface area (Å²) in [5.74, 6) is 0.792. The van der Waals surface area contributed by atoms with Gasteiger partial charge < -0.3 is 10.6 Å². The Morgan fingerprint density at radius 3 is 2.96 bits per heavy atom. The molecule has 1 saturated carbocycles. The normalized spacial score (nSPS) is 15.6. The van der Waals surface area contributed by atoms with Gasteiger partial charge in [0.05, 0.1) is 17.5 Å². The molecule has 8 nitrogen and oxygen atoms in total. The lowest BCUT2D eigenvalue weighted by Crippen LogP contribution is -2.19. The number of hydrogen-bond acceptors (Lipinski definition) is 6. The van der Waals surface area contributed by atoms with Crippen molar-refractivity contribution in [3.8, 4) is 11.4 Å². The lowest BCUT2D eigenvalue weighted by atomic mass is 10.1. The van der Waals surface area contributed by atoms with Gasteiger partial charge in [-0.05, 0) is 53.6 Å². The molecule has 1 aliphatic carbocycles. The summed E-state index contributed by atoms with van der Waals surface area (Å²) >= 11 is 1.47. The van der Waals surface area contributed by atoms with E-state index < -0.39 is 0 Å². The fourth-order valence-corrected chi connectivity index (χ4v) is 3.90. The van der Waals surface area contributed by atoms with Gasteiger partial charge in [0.15, 0.2) is 5.82 Å². The molecule has 0 unspecified atom stereocenters. The maximum atomic E-state index is 12.7. The van der Waals surface area contributed by atoms with Crippen molar-refractivity contribution in [3.05, 3.63) is 48.0 Å². The predicted molar refractivity (Wildman–Crippen MR) is 105 cm³/mol. The molecule has 0 radical (unpaired) electrons. The molecule has 9 heteroatoms. The van der Waals surface area contributed by atoms with Crippen molar-refractivity contribution in [1.82, 2.24) is 20.2 Å². The van der Waals surface area contributed by atoms with Crippen molar-refractivity contribution in [2.45, 2.75) is 23.8 Å². The van der Waals surface area contributed by atoms with E-state index in [9.17, 15) is 9.59 Å². The van der Waals surface area contributed by atoms with E-state index in [1.54, 1.807) is 12.1 Å². The van der Waals surface area contributed by atoms with Crippen LogP contribution < -0.4 is 10.6 Å². The second-order valence-electron chi connectivity index (χ2n) is 6.76. The van der Waals surface area contributed by atoms with E-state index in [-0.39, 0.29) is 11.8 Å². The largest absolute Gasteiger partial charge is 0.324 e. The molecule has 0 atom stereocenters. The minimum Gasteiger partial charge on any atom is -0.324 e. The van der Waals surface area contributed by atoms with Gasteiger partial charge in [-0.15, -0.1) is 16.9 Å². The fraction of sp³-hybridized carbons (Fsp3) is 0.211. The minimum atomic E-state index is -0.244. The molecule has 0 saturated heterocycles. The van der Waals surface area contributed by atoms with Crippen molar-refractivity contribution < 1.29 is 9.59 Å². The van der Waals surface area contributed by atoms with Crippen molar-refractivity contribution in [2.24, 2.45) is 0 Å². The second-order valence-corrected chi connectivity index (χ2v) is 7.78. The number of amides is 2. The zero-order valence-electron chi connectivity index (χ0n) is 14.8. The van der Waals surface area contributed by atoms with E-state index >= 15 is 0 Å². The molecule has 1 fully saturated rings. The van der Waals surface area contributed by atoms with Crippen LogP contribution in [0.15, 0.2) is 47.4 Å². The highest BCUT2D eigenvalue weighted by Crippen LogP contribution is 2.37. The van der Waals surface area contributed by atoms with Crippen molar-refractivity contribution in [1.29, 1.82) is 0 Å². The molecule has 2 heterocycles. The summed E-state index contributed by atoms with van der Waals surface area (Å²) in [5.41, 5.74) is 2.66. The van der Waals surface area contributed by atoms with Crippen LogP contribution in [0.1, 0.15) is 29.2 Å². The first kappa shape index (κ1) is 16.9. The van der Waals surface area contributed by atoms with E-state index in [0.29, 0.717) is 34.6 Å². The minimum absolute atomic E-state index is 0.0591. The van der Waals surface area contributed by atoms with Gasteiger partial charge in [-0.2, -0.15) is 0 Å². The number of nitrogens with zero attached hydrogens (tertiary/aromatic N) is 4. The van der Waals surface area contributed by atoms with Crippen LogP contribution in [0.25, 0.3) is 11.4 Å². The Bertz CT molecular complexity index is 1090. The lowest BCUT2D eigenvalue weighted by Gasteiger charge is -2.17. The van der Waals surface area contributed by atoms with Gasteiger partial charge >= 0.3 is 0 Å². The molecule has 2 aliphatic rings. The number of tetrazole rings is 1. The molecule has 0 bridgehead atoms. The van der Waals surface area contributed by atoms with E-state index in [1.807, 2.05) is 35.0 Å². The average molecular weight is 392 g/mol. The number of hydrogen-bond donors (Lipinski definition) is 2. The SMILES string of the molecule is O=C1CSc2ccc(C(=O)Nc3cccc(-c4nnnn4C4CC4)c3)cc2N1. The quantitative estimate of drug-likeness (QED) is 0.708. The van der Waals surface area contributed by atoms with Crippen LogP contribution >= 0.6 is 11.8 Å². The summed E-state index contributed by atoms with van der Waals surface area (Å²) in [7, 11) is 0. The monoisotopic (exact) mass is 392 g/mol. The standard InChI is InChI=1S/C19H16N6O2S/c26-17-10-28-16-7-4-12(9-15(16)21-17)19(27)20-13-3-1-2-11(8-13)18-22-23-24-25(18)14-5-6-14/h1-4,7-9,14H,5-6,10H2,(H,20,27)(H,21,26). The first-order valence-electron chi connectivity index (χ1n) is 8.94. The topological polar surface area (TPSA) is 102 Å². The fourth-order valence-electron chi connectivity index (χ4n) is 3.11. The summed E-state index contributed by atoms with van der Waals surface area (Å²) in [6.45, 7) is 0. The number of carbonyl (C=O) groups excluding carboxylic acids is 2. The van der Waals surface area contributed by atoms with E-state index in [1.165, 1.54) is 11.8 Å². The Hall–Kier alpha value is -3.20.